The minimum Gasteiger partial charge on any atom is -0.493 e. The van der Waals surface area contributed by atoms with Gasteiger partial charge in [0.05, 0.1) is 23.7 Å². The first-order valence-corrected chi connectivity index (χ1v) is 4.79. The maximum atomic E-state index is 12.0. The van der Waals surface area contributed by atoms with Gasteiger partial charge < -0.3 is 9.47 Å². The highest BCUT2D eigenvalue weighted by Gasteiger charge is 2.30. The number of alkyl halides is 3. The van der Waals surface area contributed by atoms with Crippen LogP contribution in [0.3, 0.4) is 0 Å². The third kappa shape index (κ3) is 3.83. The summed E-state index contributed by atoms with van der Waals surface area (Å²) in [5, 5.41) is 10.7. The number of halogens is 3. The van der Waals surface area contributed by atoms with E-state index < -0.39 is 29.1 Å². The summed E-state index contributed by atoms with van der Waals surface area (Å²) in [6.07, 6.45) is -4.39. The van der Waals surface area contributed by atoms with Crippen LogP contribution in [0.1, 0.15) is 10.4 Å². The number of nitro benzene ring substituents is 1. The van der Waals surface area contributed by atoms with Crippen molar-refractivity contribution >= 4 is 12.0 Å². The van der Waals surface area contributed by atoms with Crippen LogP contribution in [0.5, 0.6) is 11.5 Å². The van der Waals surface area contributed by atoms with E-state index in [1.54, 1.807) is 0 Å². The molecule has 0 aromatic heterocycles. The molecule has 0 spiro atoms. The number of ether oxygens (including phenoxy) is 2. The van der Waals surface area contributed by atoms with Gasteiger partial charge in [0.1, 0.15) is 0 Å². The smallest absolute Gasteiger partial charge is 0.422 e. The van der Waals surface area contributed by atoms with Crippen LogP contribution in [0.25, 0.3) is 0 Å². The van der Waals surface area contributed by atoms with Gasteiger partial charge in [0.2, 0.25) is 0 Å². The van der Waals surface area contributed by atoms with E-state index in [1.165, 1.54) is 0 Å². The van der Waals surface area contributed by atoms with E-state index in [4.69, 9.17) is 4.74 Å². The average Bonchev–Trinajstić information content (AvgIpc) is 2.34. The third-order valence-electron chi connectivity index (χ3n) is 2.03. The lowest BCUT2D eigenvalue weighted by Gasteiger charge is -2.12. The maximum absolute atomic E-state index is 12.0. The van der Waals surface area contributed by atoms with Crippen molar-refractivity contribution in [2.75, 3.05) is 13.7 Å². The highest BCUT2D eigenvalue weighted by atomic mass is 19.4. The second-order valence-corrected chi connectivity index (χ2v) is 3.34. The van der Waals surface area contributed by atoms with Crippen molar-refractivity contribution in [3.05, 3.63) is 27.8 Å². The number of nitro groups is 1. The van der Waals surface area contributed by atoms with E-state index in [-0.39, 0.29) is 17.6 Å². The Morgan fingerprint density at radius 1 is 1.37 bits per heavy atom. The van der Waals surface area contributed by atoms with Gasteiger partial charge in [-0.25, -0.2) is 0 Å². The van der Waals surface area contributed by atoms with Crippen LogP contribution in [0.2, 0.25) is 0 Å². The van der Waals surface area contributed by atoms with Crippen molar-refractivity contribution in [3.63, 3.8) is 0 Å². The van der Waals surface area contributed by atoms with Crippen LogP contribution < -0.4 is 9.47 Å². The molecule has 0 heterocycles. The molecule has 0 aliphatic carbocycles. The number of benzene rings is 1. The molecule has 1 aromatic rings. The summed E-state index contributed by atoms with van der Waals surface area (Å²) < 4.78 is 45.2. The van der Waals surface area contributed by atoms with Gasteiger partial charge in [0, 0.05) is 6.07 Å². The Kier molecular flexibility index (Phi) is 4.30. The van der Waals surface area contributed by atoms with Crippen molar-refractivity contribution < 1.29 is 32.4 Å². The second-order valence-electron chi connectivity index (χ2n) is 3.34. The Morgan fingerprint density at radius 2 is 2.00 bits per heavy atom. The highest BCUT2D eigenvalue weighted by Crippen LogP contribution is 2.34. The van der Waals surface area contributed by atoms with E-state index in [0.717, 1.165) is 13.2 Å². The summed E-state index contributed by atoms with van der Waals surface area (Å²) in [5.74, 6) is -0.658. The van der Waals surface area contributed by atoms with Gasteiger partial charge in [-0.2, -0.15) is 13.2 Å². The average molecular weight is 279 g/mol. The number of hydrogen-bond acceptors (Lipinski definition) is 5. The van der Waals surface area contributed by atoms with Crippen LogP contribution in [0, 0.1) is 10.1 Å². The van der Waals surface area contributed by atoms with Crippen molar-refractivity contribution in [1.29, 1.82) is 0 Å². The fourth-order valence-electron chi connectivity index (χ4n) is 1.25. The molecule has 104 valence electrons. The van der Waals surface area contributed by atoms with Gasteiger partial charge in [-0.3, -0.25) is 14.9 Å². The number of hydrogen-bond donors (Lipinski definition) is 0. The molecule has 1 rings (SSSR count). The number of nitrogens with zero attached hydrogens (tertiary/aromatic N) is 1. The Balaban J connectivity index is 3.18. The zero-order chi connectivity index (χ0) is 14.6. The normalized spacial score (nSPS) is 10.9. The Bertz CT molecular complexity index is 501. The molecule has 0 saturated heterocycles. The molecule has 0 unspecified atom stereocenters. The van der Waals surface area contributed by atoms with Gasteiger partial charge in [-0.05, 0) is 0 Å². The van der Waals surface area contributed by atoms with E-state index in [1.807, 2.05) is 0 Å². The zero-order valence-electron chi connectivity index (χ0n) is 9.56. The summed E-state index contributed by atoms with van der Waals surface area (Å²) >= 11 is 0. The van der Waals surface area contributed by atoms with E-state index >= 15 is 0 Å². The molecule has 0 bridgehead atoms. The van der Waals surface area contributed by atoms with Gasteiger partial charge in [0.15, 0.2) is 24.4 Å². The fraction of sp³-hybridized carbons (Fsp3) is 0.300. The summed E-state index contributed by atoms with van der Waals surface area (Å²) in [6.45, 7) is -1.62. The minimum atomic E-state index is -4.59. The number of aldehydes is 1. The van der Waals surface area contributed by atoms with E-state index in [0.29, 0.717) is 6.07 Å². The number of carbonyl (C=O) groups excluding carboxylic acids is 1. The van der Waals surface area contributed by atoms with Gasteiger partial charge in [0.25, 0.3) is 5.69 Å². The maximum Gasteiger partial charge on any atom is 0.422 e. The molecule has 6 nitrogen and oxygen atoms in total. The number of carbonyl (C=O) groups is 1. The molecule has 9 heteroatoms. The topological polar surface area (TPSA) is 78.7 Å². The van der Waals surface area contributed by atoms with E-state index in [2.05, 4.69) is 4.74 Å². The molecule has 0 N–H and O–H groups in total. The highest BCUT2D eigenvalue weighted by molar-refractivity contribution is 5.83. The van der Waals surface area contributed by atoms with Crippen LogP contribution in [-0.4, -0.2) is 31.1 Å². The van der Waals surface area contributed by atoms with Gasteiger partial charge in [-0.1, -0.05) is 0 Å². The van der Waals surface area contributed by atoms with E-state index in [9.17, 15) is 28.1 Å². The predicted molar refractivity (Wildman–Crippen MR) is 56.6 cm³/mol. The van der Waals surface area contributed by atoms with Crippen LogP contribution in [0.15, 0.2) is 12.1 Å². The van der Waals surface area contributed by atoms with Crippen molar-refractivity contribution in [2.24, 2.45) is 0 Å². The lowest BCUT2D eigenvalue weighted by molar-refractivity contribution is -0.385. The standard InChI is InChI=1S/C10H8F3NO5/c1-18-8-2-6(4-15)7(14(16)17)3-9(8)19-5-10(11,12)13/h2-4H,5H2,1H3. The SMILES string of the molecule is COc1cc(C=O)c([N+](=O)[O-])cc1OCC(F)(F)F. The summed E-state index contributed by atoms with van der Waals surface area (Å²) in [7, 11) is 1.14. The van der Waals surface area contributed by atoms with Crippen molar-refractivity contribution in [2.45, 2.75) is 6.18 Å². The quantitative estimate of drug-likeness (QED) is 0.469. The molecule has 0 saturated carbocycles. The fourth-order valence-corrected chi connectivity index (χ4v) is 1.25. The molecule has 0 fully saturated rings. The van der Waals surface area contributed by atoms with Gasteiger partial charge >= 0.3 is 6.18 Å². The summed E-state index contributed by atoms with van der Waals surface area (Å²) in [5.41, 5.74) is -0.978. The summed E-state index contributed by atoms with van der Waals surface area (Å²) in [6, 6.07) is 1.66. The first-order valence-electron chi connectivity index (χ1n) is 4.79. The third-order valence-corrected chi connectivity index (χ3v) is 2.03. The second kappa shape index (κ2) is 5.55. The van der Waals surface area contributed by atoms with Gasteiger partial charge in [-0.15, -0.1) is 0 Å². The largest absolute Gasteiger partial charge is 0.493 e. The minimum absolute atomic E-state index is 0.197. The first kappa shape index (κ1) is 14.7. The molecular weight excluding hydrogens is 271 g/mol. The van der Waals surface area contributed by atoms with Crippen molar-refractivity contribution in [3.8, 4) is 11.5 Å². The van der Waals surface area contributed by atoms with Crippen LogP contribution in [-0.2, 0) is 0 Å². The Labute approximate surface area is 104 Å². The first-order chi connectivity index (χ1) is 8.78. The van der Waals surface area contributed by atoms with Crippen molar-refractivity contribution in [1.82, 2.24) is 0 Å². The lowest BCUT2D eigenvalue weighted by Crippen LogP contribution is -2.19. The molecule has 0 amide bonds. The molecule has 19 heavy (non-hydrogen) atoms. The predicted octanol–water partition coefficient (Wildman–Crippen LogP) is 2.36. The van der Waals surface area contributed by atoms with Crippen LogP contribution >= 0.6 is 0 Å². The number of methoxy groups -OCH3 is 1. The summed E-state index contributed by atoms with van der Waals surface area (Å²) in [4.78, 5) is 20.4. The molecule has 0 aliphatic rings. The molecule has 0 radical (unpaired) electrons. The zero-order valence-corrected chi connectivity index (χ0v) is 9.56. The number of rotatable bonds is 5. The Morgan fingerprint density at radius 3 is 2.42 bits per heavy atom. The Hall–Kier alpha value is -2.32. The lowest BCUT2D eigenvalue weighted by atomic mass is 10.1. The molecule has 0 atom stereocenters. The monoisotopic (exact) mass is 279 g/mol. The molecular formula is C10H8F3NO5. The molecule has 1 aromatic carbocycles. The molecule has 0 aliphatic heterocycles. The van der Waals surface area contributed by atoms with Crippen LogP contribution in [0.4, 0.5) is 18.9 Å².